The second-order valence-corrected chi connectivity index (χ2v) is 4.57. The maximum atomic E-state index is 6.03. The van der Waals surface area contributed by atoms with E-state index >= 15 is 0 Å². The van der Waals surface area contributed by atoms with Crippen molar-refractivity contribution in [3.63, 3.8) is 0 Å². The number of hydrogen-bond donors (Lipinski definition) is 1. The second kappa shape index (κ2) is 6.53. The molecule has 1 heterocycles. The molecule has 2 aromatic rings. The number of aryl methyl sites for hydroxylation is 1. The molecule has 0 spiro atoms. The Labute approximate surface area is 113 Å². The van der Waals surface area contributed by atoms with Crippen LogP contribution in [0, 0.1) is 6.92 Å². The number of rotatable bonds is 5. The van der Waals surface area contributed by atoms with Crippen LogP contribution < -0.4 is 5.32 Å². The first kappa shape index (κ1) is 13.1. The van der Waals surface area contributed by atoms with Crippen molar-refractivity contribution in [3.8, 4) is 0 Å². The summed E-state index contributed by atoms with van der Waals surface area (Å²) in [7, 11) is 0. The summed E-state index contributed by atoms with van der Waals surface area (Å²) in [4.78, 5) is 4.37. The molecule has 0 saturated heterocycles. The fourth-order valence-corrected chi connectivity index (χ4v) is 2.16. The molecule has 3 heteroatoms. The Hall–Kier alpha value is -1.38. The first-order chi connectivity index (χ1) is 8.81. The van der Waals surface area contributed by atoms with Crippen molar-refractivity contribution in [2.75, 3.05) is 5.88 Å². The highest BCUT2D eigenvalue weighted by molar-refractivity contribution is 6.18. The van der Waals surface area contributed by atoms with Crippen LogP contribution in [0.5, 0.6) is 0 Å². The molecular weight excluding hydrogens is 244 g/mol. The van der Waals surface area contributed by atoms with Crippen molar-refractivity contribution in [2.24, 2.45) is 0 Å². The molecule has 0 aliphatic heterocycles. The molecule has 0 fully saturated rings. The number of nitrogens with one attached hydrogen (secondary N) is 1. The summed E-state index contributed by atoms with van der Waals surface area (Å²) in [6.07, 6.45) is 1.82. The van der Waals surface area contributed by atoms with Gasteiger partial charge in [0.05, 0.1) is 5.69 Å². The molecule has 1 aromatic heterocycles. The summed E-state index contributed by atoms with van der Waals surface area (Å²) in [5.41, 5.74) is 3.48. The Kier molecular flexibility index (Phi) is 4.73. The van der Waals surface area contributed by atoms with Crippen LogP contribution in [-0.4, -0.2) is 10.9 Å². The van der Waals surface area contributed by atoms with Gasteiger partial charge in [0.25, 0.3) is 0 Å². The van der Waals surface area contributed by atoms with Gasteiger partial charge in [-0.25, -0.2) is 0 Å². The zero-order chi connectivity index (χ0) is 12.8. The van der Waals surface area contributed by atoms with Crippen LogP contribution in [0.2, 0.25) is 0 Å². The highest BCUT2D eigenvalue weighted by Gasteiger charge is 2.09. The van der Waals surface area contributed by atoms with Crippen LogP contribution in [0.15, 0.2) is 48.7 Å². The summed E-state index contributed by atoms with van der Waals surface area (Å²) in [6.45, 7) is 2.81. The van der Waals surface area contributed by atoms with Gasteiger partial charge in [0.1, 0.15) is 0 Å². The van der Waals surface area contributed by atoms with Crippen molar-refractivity contribution in [3.05, 3.63) is 65.5 Å². The molecule has 1 atom stereocenters. The Morgan fingerprint density at radius 2 is 1.94 bits per heavy atom. The zero-order valence-electron chi connectivity index (χ0n) is 10.4. The fourth-order valence-electron chi connectivity index (χ4n) is 1.87. The van der Waals surface area contributed by atoms with Crippen molar-refractivity contribution < 1.29 is 0 Å². The van der Waals surface area contributed by atoms with Gasteiger partial charge in [0.2, 0.25) is 0 Å². The summed E-state index contributed by atoms with van der Waals surface area (Å²) < 4.78 is 0. The summed E-state index contributed by atoms with van der Waals surface area (Å²) in [5, 5.41) is 3.45. The van der Waals surface area contributed by atoms with E-state index in [1.165, 1.54) is 11.1 Å². The van der Waals surface area contributed by atoms with Gasteiger partial charge < -0.3 is 5.32 Å². The zero-order valence-corrected chi connectivity index (χ0v) is 11.2. The van der Waals surface area contributed by atoms with Gasteiger partial charge in [-0.05, 0) is 24.1 Å². The van der Waals surface area contributed by atoms with Crippen molar-refractivity contribution in [2.45, 2.75) is 19.5 Å². The normalized spacial score (nSPS) is 12.3. The highest BCUT2D eigenvalue weighted by Crippen LogP contribution is 2.15. The molecule has 0 radical (unpaired) electrons. The Morgan fingerprint density at radius 3 is 2.61 bits per heavy atom. The topological polar surface area (TPSA) is 24.9 Å². The molecule has 1 aromatic carbocycles. The van der Waals surface area contributed by atoms with E-state index in [-0.39, 0.29) is 6.04 Å². The lowest BCUT2D eigenvalue weighted by atomic mass is 10.1. The van der Waals surface area contributed by atoms with Crippen LogP contribution in [-0.2, 0) is 6.54 Å². The molecule has 2 rings (SSSR count). The van der Waals surface area contributed by atoms with Crippen LogP contribution in [0.4, 0.5) is 0 Å². The molecule has 18 heavy (non-hydrogen) atoms. The van der Waals surface area contributed by atoms with Gasteiger partial charge in [-0.1, -0.05) is 36.4 Å². The van der Waals surface area contributed by atoms with Crippen molar-refractivity contribution in [1.29, 1.82) is 0 Å². The van der Waals surface area contributed by atoms with Crippen LogP contribution >= 0.6 is 11.6 Å². The monoisotopic (exact) mass is 260 g/mol. The Morgan fingerprint density at radius 1 is 1.17 bits per heavy atom. The third kappa shape index (κ3) is 3.31. The standard InChI is InChI=1S/C15H17ClN2/c1-12-6-5-9-17-15(12)11-18-14(10-16)13-7-3-2-4-8-13/h2-9,14,18H,10-11H2,1H3. The number of halogens is 1. The fraction of sp³-hybridized carbons (Fsp3) is 0.267. The largest absolute Gasteiger partial charge is 0.303 e. The minimum absolute atomic E-state index is 0.161. The number of nitrogens with zero attached hydrogens (tertiary/aromatic N) is 1. The average Bonchev–Trinajstić information content (AvgIpc) is 2.42. The lowest BCUT2D eigenvalue weighted by Crippen LogP contribution is -2.23. The Balaban J connectivity index is 2.02. The molecule has 1 unspecified atom stereocenters. The van der Waals surface area contributed by atoms with Gasteiger partial charge in [-0.15, -0.1) is 11.6 Å². The molecule has 0 bridgehead atoms. The average molecular weight is 261 g/mol. The number of alkyl halides is 1. The number of hydrogen-bond acceptors (Lipinski definition) is 2. The van der Waals surface area contributed by atoms with E-state index in [9.17, 15) is 0 Å². The van der Waals surface area contributed by atoms with E-state index in [0.29, 0.717) is 5.88 Å². The SMILES string of the molecule is Cc1cccnc1CNC(CCl)c1ccccc1. The summed E-state index contributed by atoms with van der Waals surface area (Å²) >= 11 is 6.03. The third-order valence-corrected chi connectivity index (χ3v) is 3.30. The van der Waals surface area contributed by atoms with Crippen LogP contribution in [0.3, 0.4) is 0 Å². The highest BCUT2D eigenvalue weighted by atomic mass is 35.5. The van der Waals surface area contributed by atoms with Gasteiger partial charge >= 0.3 is 0 Å². The maximum absolute atomic E-state index is 6.03. The minimum Gasteiger partial charge on any atom is -0.303 e. The first-order valence-corrected chi connectivity index (χ1v) is 6.59. The van der Waals surface area contributed by atoms with Crippen molar-refractivity contribution in [1.82, 2.24) is 10.3 Å². The molecule has 2 nitrogen and oxygen atoms in total. The van der Waals surface area contributed by atoms with E-state index in [4.69, 9.17) is 11.6 Å². The smallest absolute Gasteiger partial charge is 0.0570 e. The lowest BCUT2D eigenvalue weighted by molar-refractivity contribution is 0.571. The number of pyridine rings is 1. The minimum atomic E-state index is 0.161. The molecule has 94 valence electrons. The van der Waals surface area contributed by atoms with E-state index in [1.807, 2.05) is 30.5 Å². The molecule has 0 aliphatic rings. The predicted octanol–water partition coefficient (Wildman–Crippen LogP) is 3.46. The molecule has 1 N–H and O–H groups in total. The third-order valence-electron chi connectivity index (χ3n) is 2.99. The van der Waals surface area contributed by atoms with E-state index in [1.54, 1.807) is 0 Å². The lowest BCUT2D eigenvalue weighted by Gasteiger charge is -2.16. The van der Waals surface area contributed by atoms with Crippen molar-refractivity contribution >= 4 is 11.6 Å². The summed E-state index contributed by atoms with van der Waals surface area (Å²) in [5.74, 6) is 0.551. The Bertz CT molecular complexity index is 485. The van der Waals surface area contributed by atoms with Crippen LogP contribution in [0.25, 0.3) is 0 Å². The number of benzene rings is 1. The van der Waals surface area contributed by atoms with Gasteiger partial charge in [0, 0.05) is 24.7 Å². The second-order valence-electron chi connectivity index (χ2n) is 4.27. The summed E-state index contributed by atoms with van der Waals surface area (Å²) in [6, 6.07) is 14.4. The molecule has 0 saturated carbocycles. The quantitative estimate of drug-likeness (QED) is 0.833. The number of aromatic nitrogens is 1. The molecular formula is C15H17ClN2. The van der Waals surface area contributed by atoms with Gasteiger partial charge in [-0.2, -0.15) is 0 Å². The predicted molar refractivity (Wildman–Crippen MR) is 75.7 cm³/mol. The molecule has 0 aliphatic carbocycles. The van der Waals surface area contributed by atoms with E-state index in [2.05, 4.69) is 35.4 Å². The molecule has 0 amide bonds. The first-order valence-electron chi connectivity index (χ1n) is 6.06. The van der Waals surface area contributed by atoms with Gasteiger partial charge in [-0.3, -0.25) is 4.98 Å². The maximum Gasteiger partial charge on any atom is 0.0570 e. The van der Waals surface area contributed by atoms with E-state index < -0.39 is 0 Å². The van der Waals surface area contributed by atoms with Crippen LogP contribution in [0.1, 0.15) is 22.9 Å². The van der Waals surface area contributed by atoms with Gasteiger partial charge in [0.15, 0.2) is 0 Å². The van der Waals surface area contributed by atoms with E-state index in [0.717, 1.165) is 12.2 Å².